The average molecular weight is 243 g/mol. The van der Waals surface area contributed by atoms with Crippen molar-refractivity contribution in [1.82, 2.24) is 5.32 Å². The summed E-state index contributed by atoms with van der Waals surface area (Å²) in [6, 6.07) is 10.3. The van der Waals surface area contributed by atoms with Gasteiger partial charge in [-0.1, -0.05) is 18.2 Å². The third-order valence-corrected chi connectivity index (χ3v) is 3.15. The van der Waals surface area contributed by atoms with Crippen LogP contribution in [0.5, 0.6) is 0 Å². The van der Waals surface area contributed by atoms with Crippen LogP contribution < -0.4 is 10.2 Å². The highest BCUT2D eigenvalue weighted by Gasteiger charge is 2.15. The van der Waals surface area contributed by atoms with Crippen molar-refractivity contribution in [3.05, 3.63) is 29.8 Å². The Morgan fingerprint density at radius 2 is 2.28 bits per heavy atom. The number of anilines is 1. The number of carbonyl (C=O) groups is 1. The molecule has 1 aliphatic heterocycles. The second-order valence-corrected chi connectivity index (χ2v) is 4.40. The van der Waals surface area contributed by atoms with E-state index in [0.717, 1.165) is 25.9 Å². The van der Waals surface area contributed by atoms with Crippen LogP contribution in [-0.2, 0) is 11.2 Å². The number of nitrogens with zero attached hydrogens (tertiary/aromatic N) is 2. The number of benzene rings is 1. The molecule has 0 aromatic heterocycles. The van der Waals surface area contributed by atoms with Crippen LogP contribution in [0.4, 0.5) is 5.69 Å². The Hall–Kier alpha value is -2.02. The number of amides is 1. The first-order valence-corrected chi connectivity index (χ1v) is 6.28. The summed E-state index contributed by atoms with van der Waals surface area (Å²) in [4.78, 5) is 13.5. The van der Waals surface area contributed by atoms with E-state index in [1.165, 1.54) is 11.3 Å². The number of hydrogen-bond acceptors (Lipinski definition) is 3. The van der Waals surface area contributed by atoms with Crippen LogP contribution in [0, 0.1) is 11.3 Å². The Morgan fingerprint density at radius 1 is 1.44 bits per heavy atom. The summed E-state index contributed by atoms with van der Waals surface area (Å²) in [6.07, 6.45) is 2.23. The van der Waals surface area contributed by atoms with E-state index in [9.17, 15) is 4.79 Å². The van der Waals surface area contributed by atoms with Gasteiger partial charge in [0, 0.05) is 25.3 Å². The minimum atomic E-state index is -0.192. The molecule has 1 heterocycles. The average Bonchev–Trinajstić information content (AvgIpc) is 2.39. The molecular formula is C14H17N3O. The summed E-state index contributed by atoms with van der Waals surface area (Å²) in [6.45, 7) is 2.42. The number of para-hydroxylation sites is 1. The standard InChI is InChI=1S/C14H17N3O/c15-8-7-14(18)16-9-11-17-10-3-5-12-4-1-2-6-13(12)17/h1-2,4,6H,3,5,7,9-11H2,(H,16,18). The first kappa shape index (κ1) is 12.4. The highest BCUT2D eigenvalue weighted by Crippen LogP contribution is 2.25. The van der Waals surface area contributed by atoms with Crippen LogP contribution in [0.1, 0.15) is 18.4 Å². The molecule has 0 bridgehead atoms. The SMILES string of the molecule is N#CCC(=O)NCCN1CCCc2ccccc21. The van der Waals surface area contributed by atoms with Gasteiger partial charge in [-0.15, -0.1) is 0 Å². The van der Waals surface area contributed by atoms with Crippen molar-refractivity contribution in [3.8, 4) is 6.07 Å². The van der Waals surface area contributed by atoms with Crippen molar-refractivity contribution in [2.75, 3.05) is 24.5 Å². The number of fused-ring (bicyclic) bond motifs is 1. The van der Waals surface area contributed by atoms with Crippen LogP contribution in [0.15, 0.2) is 24.3 Å². The van der Waals surface area contributed by atoms with Gasteiger partial charge < -0.3 is 10.2 Å². The molecule has 1 amide bonds. The summed E-state index contributed by atoms with van der Waals surface area (Å²) >= 11 is 0. The van der Waals surface area contributed by atoms with E-state index in [2.05, 4.69) is 28.4 Å². The lowest BCUT2D eigenvalue weighted by Crippen LogP contribution is -2.37. The number of nitriles is 1. The first-order chi connectivity index (χ1) is 8.81. The lowest BCUT2D eigenvalue weighted by molar-refractivity contribution is -0.120. The van der Waals surface area contributed by atoms with Crippen molar-refractivity contribution < 1.29 is 4.79 Å². The molecule has 18 heavy (non-hydrogen) atoms. The molecular weight excluding hydrogens is 226 g/mol. The molecule has 1 N–H and O–H groups in total. The van der Waals surface area contributed by atoms with Crippen molar-refractivity contribution in [2.45, 2.75) is 19.3 Å². The molecule has 1 aliphatic rings. The lowest BCUT2D eigenvalue weighted by Gasteiger charge is -2.31. The molecule has 0 fully saturated rings. The molecule has 0 radical (unpaired) electrons. The van der Waals surface area contributed by atoms with Crippen molar-refractivity contribution in [1.29, 1.82) is 5.26 Å². The molecule has 2 rings (SSSR count). The van der Waals surface area contributed by atoms with Gasteiger partial charge in [0.2, 0.25) is 5.91 Å². The van der Waals surface area contributed by atoms with Gasteiger partial charge in [0.25, 0.3) is 0 Å². The van der Waals surface area contributed by atoms with Gasteiger partial charge in [-0.25, -0.2) is 0 Å². The summed E-state index contributed by atoms with van der Waals surface area (Å²) in [7, 11) is 0. The number of aryl methyl sites for hydroxylation is 1. The van der Waals surface area contributed by atoms with E-state index in [1.807, 2.05) is 12.1 Å². The normalized spacial score (nSPS) is 13.6. The van der Waals surface area contributed by atoms with E-state index in [1.54, 1.807) is 0 Å². The van der Waals surface area contributed by atoms with Crippen LogP contribution >= 0.6 is 0 Å². The third-order valence-electron chi connectivity index (χ3n) is 3.15. The van der Waals surface area contributed by atoms with E-state index in [-0.39, 0.29) is 12.3 Å². The van der Waals surface area contributed by atoms with Gasteiger partial charge in [0.15, 0.2) is 0 Å². The molecule has 0 spiro atoms. The summed E-state index contributed by atoms with van der Waals surface area (Å²) < 4.78 is 0. The maximum absolute atomic E-state index is 11.2. The van der Waals surface area contributed by atoms with Crippen LogP contribution in [-0.4, -0.2) is 25.5 Å². The smallest absolute Gasteiger partial charge is 0.234 e. The molecule has 0 atom stereocenters. The fourth-order valence-electron chi connectivity index (χ4n) is 2.31. The Balaban J connectivity index is 1.88. The fourth-order valence-corrected chi connectivity index (χ4v) is 2.31. The quantitative estimate of drug-likeness (QED) is 0.871. The minimum absolute atomic E-state index is 0.0589. The number of carbonyl (C=O) groups excluding carboxylic acids is 1. The van der Waals surface area contributed by atoms with Gasteiger partial charge in [-0.3, -0.25) is 4.79 Å². The lowest BCUT2D eigenvalue weighted by atomic mass is 10.0. The van der Waals surface area contributed by atoms with Gasteiger partial charge in [0.1, 0.15) is 6.42 Å². The largest absolute Gasteiger partial charge is 0.370 e. The van der Waals surface area contributed by atoms with E-state index >= 15 is 0 Å². The fraction of sp³-hybridized carbons (Fsp3) is 0.429. The predicted molar refractivity (Wildman–Crippen MR) is 70.2 cm³/mol. The third kappa shape index (κ3) is 3.01. The molecule has 1 aromatic carbocycles. The highest BCUT2D eigenvalue weighted by molar-refractivity contribution is 5.77. The first-order valence-electron chi connectivity index (χ1n) is 6.28. The second-order valence-electron chi connectivity index (χ2n) is 4.40. The minimum Gasteiger partial charge on any atom is -0.370 e. The zero-order valence-electron chi connectivity index (χ0n) is 10.4. The predicted octanol–water partition coefficient (Wildman–Crippen LogP) is 1.47. The zero-order chi connectivity index (χ0) is 12.8. The molecule has 4 heteroatoms. The van der Waals surface area contributed by atoms with Crippen LogP contribution in [0.3, 0.4) is 0 Å². The summed E-state index contributed by atoms with van der Waals surface area (Å²) in [5.41, 5.74) is 2.66. The maximum atomic E-state index is 11.2. The Labute approximate surface area is 107 Å². The van der Waals surface area contributed by atoms with E-state index in [0.29, 0.717) is 6.54 Å². The second kappa shape index (κ2) is 6.06. The van der Waals surface area contributed by atoms with Crippen molar-refractivity contribution >= 4 is 11.6 Å². The number of rotatable bonds is 4. The highest BCUT2D eigenvalue weighted by atomic mass is 16.1. The van der Waals surface area contributed by atoms with Crippen molar-refractivity contribution in [3.63, 3.8) is 0 Å². The van der Waals surface area contributed by atoms with E-state index < -0.39 is 0 Å². The van der Waals surface area contributed by atoms with Gasteiger partial charge >= 0.3 is 0 Å². The van der Waals surface area contributed by atoms with E-state index in [4.69, 9.17) is 5.26 Å². The molecule has 0 saturated carbocycles. The topological polar surface area (TPSA) is 56.1 Å². The molecule has 0 unspecified atom stereocenters. The molecule has 0 aliphatic carbocycles. The molecule has 0 saturated heterocycles. The zero-order valence-corrected chi connectivity index (χ0v) is 10.4. The van der Waals surface area contributed by atoms with Crippen LogP contribution in [0.2, 0.25) is 0 Å². The number of nitrogens with one attached hydrogen (secondary N) is 1. The van der Waals surface area contributed by atoms with Crippen LogP contribution in [0.25, 0.3) is 0 Å². The van der Waals surface area contributed by atoms with Gasteiger partial charge in [-0.2, -0.15) is 5.26 Å². The van der Waals surface area contributed by atoms with Gasteiger partial charge in [-0.05, 0) is 24.5 Å². The molecule has 94 valence electrons. The monoisotopic (exact) mass is 243 g/mol. The number of hydrogen-bond donors (Lipinski definition) is 1. The van der Waals surface area contributed by atoms with Crippen molar-refractivity contribution in [2.24, 2.45) is 0 Å². The Morgan fingerprint density at radius 3 is 3.11 bits per heavy atom. The maximum Gasteiger partial charge on any atom is 0.234 e. The summed E-state index contributed by atoms with van der Waals surface area (Å²) in [5.74, 6) is -0.192. The molecule has 4 nitrogen and oxygen atoms in total. The Bertz CT molecular complexity index is 464. The Kier molecular flexibility index (Phi) is 4.19. The molecule has 1 aromatic rings. The van der Waals surface area contributed by atoms with Gasteiger partial charge in [0.05, 0.1) is 6.07 Å². The summed E-state index contributed by atoms with van der Waals surface area (Å²) in [5, 5.41) is 11.2.